The van der Waals surface area contributed by atoms with Crippen molar-refractivity contribution in [1.82, 2.24) is 5.32 Å². The molecule has 0 aliphatic heterocycles. The van der Waals surface area contributed by atoms with Crippen LogP contribution in [0.2, 0.25) is 0 Å². The summed E-state index contributed by atoms with van der Waals surface area (Å²) in [7, 11) is 2.15. The lowest BCUT2D eigenvalue weighted by atomic mass is 9.49. The van der Waals surface area contributed by atoms with Crippen molar-refractivity contribution < 1.29 is 0 Å². The maximum Gasteiger partial charge on any atom is 0.0503 e. The van der Waals surface area contributed by atoms with Crippen LogP contribution in [0, 0.1) is 32.1 Å². The van der Waals surface area contributed by atoms with E-state index in [9.17, 15) is 0 Å². The van der Waals surface area contributed by atoms with Crippen LogP contribution in [0.15, 0.2) is 12.2 Å². The first kappa shape index (κ1) is 21.2. The first-order valence-corrected chi connectivity index (χ1v) is 10.6. The van der Waals surface area contributed by atoms with Gasteiger partial charge in [-0.25, -0.2) is 0 Å². The molecular formula is C25H41N. The molecule has 0 spiro atoms. The van der Waals surface area contributed by atoms with Gasteiger partial charge in [-0.05, 0) is 93.3 Å². The van der Waals surface area contributed by atoms with Crippen LogP contribution in [0.3, 0.4) is 0 Å². The summed E-state index contributed by atoms with van der Waals surface area (Å²) in [6.45, 7) is 26.0. The van der Waals surface area contributed by atoms with Crippen LogP contribution >= 0.6 is 0 Å². The first-order valence-electron chi connectivity index (χ1n) is 10.6. The molecule has 1 aliphatic carbocycles. The Bertz CT molecular complexity index is 706. The van der Waals surface area contributed by atoms with Crippen LogP contribution in [0.5, 0.6) is 0 Å². The lowest BCUT2D eigenvalue weighted by Gasteiger charge is -2.58. The van der Waals surface area contributed by atoms with Crippen molar-refractivity contribution in [3.05, 3.63) is 45.5 Å². The largest absolute Gasteiger partial charge is 0.310 e. The van der Waals surface area contributed by atoms with E-state index >= 15 is 0 Å². The predicted molar refractivity (Wildman–Crippen MR) is 116 cm³/mol. The second kappa shape index (κ2) is 7.15. The Morgan fingerprint density at radius 3 is 1.92 bits per heavy atom. The highest BCUT2D eigenvalue weighted by Gasteiger charge is 2.55. The molecule has 0 radical (unpaired) electrons. The summed E-state index contributed by atoms with van der Waals surface area (Å²) in [5.74, 6) is 1.000. The van der Waals surface area contributed by atoms with Crippen molar-refractivity contribution in [2.75, 3.05) is 7.05 Å². The molecule has 1 heteroatoms. The van der Waals surface area contributed by atoms with Gasteiger partial charge < -0.3 is 5.32 Å². The second-order valence-corrected chi connectivity index (χ2v) is 8.91. The van der Waals surface area contributed by atoms with Crippen LogP contribution in [0.4, 0.5) is 0 Å². The summed E-state index contributed by atoms with van der Waals surface area (Å²) in [5, 5.41) is 3.80. The third-order valence-electron chi connectivity index (χ3n) is 8.00. The highest BCUT2D eigenvalue weighted by molar-refractivity contribution is 5.61. The van der Waals surface area contributed by atoms with Gasteiger partial charge in [-0.15, -0.1) is 0 Å². The molecule has 0 fully saturated rings. The van der Waals surface area contributed by atoms with Crippen molar-refractivity contribution in [3.8, 4) is 0 Å². The van der Waals surface area contributed by atoms with Crippen LogP contribution in [0.25, 0.3) is 0 Å². The Hall–Kier alpha value is -1.08. The summed E-state index contributed by atoms with van der Waals surface area (Å²) in [6.07, 6.45) is 3.34. The fourth-order valence-electron chi connectivity index (χ4n) is 6.36. The number of benzene rings is 1. The minimum absolute atomic E-state index is 0.0826. The molecule has 26 heavy (non-hydrogen) atoms. The normalized spacial score (nSPS) is 24.9. The minimum atomic E-state index is -0.0826. The average Bonchev–Trinajstić information content (AvgIpc) is 2.60. The summed E-state index contributed by atoms with van der Waals surface area (Å²) < 4.78 is 0. The Balaban J connectivity index is 3.10. The molecule has 2 atom stereocenters. The van der Waals surface area contributed by atoms with Gasteiger partial charge in [0.15, 0.2) is 0 Å². The standard InChI is InChI=1S/C25H41N/c1-12-20-16(6)17(7)22-21(15(4)5)19(9)25(13-2,14-3)24(10,26-11)23(22)18(20)8/h15,21,26H,9,12-14H2,1-8,10-11H3. The number of hydrogen-bond acceptors (Lipinski definition) is 1. The van der Waals surface area contributed by atoms with Crippen molar-refractivity contribution >= 4 is 0 Å². The number of hydrogen-bond donors (Lipinski definition) is 1. The minimum Gasteiger partial charge on any atom is -0.310 e. The fraction of sp³-hybridized carbons (Fsp3) is 0.680. The van der Waals surface area contributed by atoms with Crippen LogP contribution < -0.4 is 5.32 Å². The van der Waals surface area contributed by atoms with Gasteiger partial charge >= 0.3 is 0 Å². The van der Waals surface area contributed by atoms with E-state index in [2.05, 4.69) is 74.7 Å². The van der Waals surface area contributed by atoms with Gasteiger partial charge in [0, 0.05) is 11.3 Å². The van der Waals surface area contributed by atoms with E-state index in [1.165, 1.54) is 22.3 Å². The Morgan fingerprint density at radius 1 is 1.00 bits per heavy atom. The molecule has 1 nitrogen and oxygen atoms in total. The maximum absolute atomic E-state index is 4.76. The Labute approximate surface area is 162 Å². The van der Waals surface area contributed by atoms with E-state index in [0.29, 0.717) is 11.8 Å². The van der Waals surface area contributed by atoms with E-state index in [1.807, 2.05) is 0 Å². The molecule has 1 aliphatic rings. The molecule has 0 saturated heterocycles. The summed E-state index contributed by atoms with van der Waals surface area (Å²) in [4.78, 5) is 0. The van der Waals surface area contributed by atoms with Gasteiger partial charge in [0.1, 0.15) is 0 Å². The maximum atomic E-state index is 4.76. The third-order valence-corrected chi connectivity index (χ3v) is 8.00. The van der Waals surface area contributed by atoms with Crippen molar-refractivity contribution in [3.63, 3.8) is 0 Å². The van der Waals surface area contributed by atoms with Crippen molar-refractivity contribution in [1.29, 1.82) is 0 Å². The zero-order valence-corrected chi connectivity index (χ0v) is 19.0. The van der Waals surface area contributed by atoms with Gasteiger partial charge in [-0.1, -0.05) is 46.8 Å². The molecule has 1 aromatic carbocycles. The Morgan fingerprint density at radius 2 is 1.54 bits per heavy atom. The summed E-state index contributed by atoms with van der Waals surface area (Å²) in [5.41, 5.74) is 10.6. The highest BCUT2D eigenvalue weighted by Crippen LogP contribution is 2.62. The molecule has 0 aromatic heterocycles. The first-order chi connectivity index (χ1) is 12.1. The fourth-order valence-corrected chi connectivity index (χ4v) is 6.36. The van der Waals surface area contributed by atoms with Gasteiger partial charge in [-0.2, -0.15) is 0 Å². The van der Waals surface area contributed by atoms with Crippen molar-refractivity contribution in [2.24, 2.45) is 11.3 Å². The topological polar surface area (TPSA) is 12.0 Å². The molecule has 2 rings (SSSR count). The molecule has 1 N–H and O–H groups in total. The van der Waals surface area contributed by atoms with E-state index in [1.54, 1.807) is 16.7 Å². The summed E-state index contributed by atoms with van der Waals surface area (Å²) >= 11 is 0. The molecule has 0 amide bonds. The molecule has 1 aromatic rings. The van der Waals surface area contributed by atoms with E-state index in [0.717, 1.165) is 19.3 Å². The SMILES string of the molecule is C=C1C(C(C)C)c2c(C)c(C)c(CC)c(C)c2C(C)(NC)C1(CC)CC. The third kappa shape index (κ3) is 2.46. The van der Waals surface area contributed by atoms with E-state index in [4.69, 9.17) is 6.58 Å². The van der Waals surface area contributed by atoms with Gasteiger partial charge in [0.05, 0.1) is 5.54 Å². The molecule has 0 saturated carbocycles. The number of rotatable bonds is 5. The van der Waals surface area contributed by atoms with E-state index < -0.39 is 0 Å². The van der Waals surface area contributed by atoms with Crippen LogP contribution in [0.1, 0.15) is 93.7 Å². The van der Waals surface area contributed by atoms with Crippen molar-refractivity contribution in [2.45, 2.75) is 93.0 Å². The molecule has 2 unspecified atom stereocenters. The van der Waals surface area contributed by atoms with Gasteiger partial charge in [-0.3, -0.25) is 0 Å². The average molecular weight is 356 g/mol. The molecule has 146 valence electrons. The van der Waals surface area contributed by atoms with Crippen LogP contribution in [-0.2, 0) is 12.0 Å². The lowest BCUT2D eigenvalue weighted by Crippen LogP contribution is -2.57. The second-order valence-electron chi connectivity index (χ2n) is 8.91. The predicted octanol–water partition coefficient (Wildman–Crippen LogP) is 6.72. The number of nitrogens with one attached hydrogen (secondary N) is 1. The monoisotopic (exact) mass is 355 g/mol. The van der Waals surface area contributed by atoms with Gasteiger partial charge in [0.25, 0.3) is 0 Å². The smallest absolute Gasteiger partial charge is 0.0503 e. The van der Waals surface area contributed by atoms with E-state index in [-0.39, 0.29) is 11.0 Å². The van der Waals surface area contributed by atoms with Crippen LogP contribution in [-0.4, -0.2) is 7.05 Å². The zero-order valence-electron chi connectivity index (χ0n) is 19.0. The number of fused-ring (bicyclic) bond motifs is 1. The molecule has 0 bridgehead atoms. The molecular weight excluding hydrogens is 314 g/mol. The molecule has 0 heterocycles. The highest BCUT2D eigenvalue weighted by atomic mass is 15.0. The van der Waals surface area contributed by atoms with Gasteiger partial charge in [0.2, 0.25) is 0 Å². The zero-order chi connectivity index (χ0) is 20.0. The Kier molecular flexibility index (Phi) is 5.84. The summed E-state index contributed by atoms with van der Waals surface area (Å²) in [6, 6.07) is 0. The lowest BCUT2D eigenvalue weighted by molar-refractivity contribution is 0.104. The quantitative estimate of drug-likeness (QED) is 0.578.